The van der Waals surface area contributed by atoms with Crippen LogP contribution < -0.4 is 0 Å². The van der Waals surface area contributed by atoms with Crippen LogP contribution in [0.2, 0.25) is 0 Å². The highest BCUT2D eigenvalue weighted by molar-refractivity contribution is 5.91. The maximum Gasteiger partial charge on any atom is 0.164 e. The average Bonchev–Trinajstić information content (AvgIpc) is 3.15. The highest BCUT2D eigenvalue weighted by Gasteiger charge is 2.12. The second kappa shape index (κ2) is 12.0. The van der Waals surface area contributed by atoms with Gasteiger partial charge >= 0.3 is 0 Å². The molecule has 0 saturated heterocycles. The summed E-state index contributed by atoms with van der Waals surface area (Å²) in [6.45, 7) is 0. The number of benzene rings is 6. The number of rotatable bonds is 6. The lowest BCUT2D eigenvalue weighted by molar-refractivity contribution is 1.07. The van der Waals surface area contributed by atoms with Crippen molar-refractivity contribution in [3.8, 4) is 67.7 Å². The van der Waals surface area contributed by atoms with Crippen molar-refractivity contribution in [2.75, 3.05) is 0 Å². The Kier molecular flexibility index (Phi) is 7.09. The van der Waals surface area contributed by atoms with Crippen molar-refractivity contribution in [1.29, 1.82) is 0 Å². The molecule has 8 aromatic rings. The largest absolute Gasteiger partial charge is 0.245 e. The van der Waals surface area contributed by atoms with Crippen molar-refractivity contribution in [1.82, 2.24) is 24.9 Å². The Morgan fingerprint density at radius 2 is 0.761 bits per heavy atom. The van der Waals surface area contributed by atoms with Crippen LogP contribution in [-0.2, 0) is 0 Å². The molecule has 0 amide bonds. The van der Waals surface area contributed by atoms with Crippen LogP contribution in [0.25, 0.3) is 78.4 Å². The van der Waals surface area contributed by atoms with Gasteiger partial charge in [-0.25, -0.2) is 24.9 Å². The molecule has 2 aromatic heterocycles. The molecule has 8 rings (SSSR count). The molecule has 2 heterocycles. The Balaban J connectivity index is 1.11. The van der Waals surface area contributed by atoms with Gasteiger partial charge in [0.1, 0.15) is 6.33 Å². The van der Waals surface area contributed by atoms with Gasteiger partial charge in [-0.1, -0.05) is 133 Å². The van der Waals surface area contributed by atoms with Gasteiger partial charge in [-0.15, -0.1) is 0 Å². The third-order valence-corrected chi connectivity index (χ3v) is 8.11. The van der Waals surface area contributed by atoms with Gasteiger partial charge in [0.05, 0.1) is 5.69 Å². The van der Waals surface area contributed by atoms with E-state index in [1.165, 1.54) is 16.3 Å². The molecule has 0 fully saturated rings. The molecule has 0 radical (unpaired) electrons. The zero-order chi connectivity index (χ0) is 30.7. The van der Waals surface area contributed by atoms with Gasteiger partial charge in [0.25, 0.3) is 0 Å². The molecular formula is C41H27N5. The van der Waals surface area contributed by atoms with Gasteiger partial charge in [-0.2, -0.15) is 0 Å². The van der Waals surface area contributed by atoms with Crippen LogP contribution in [0, 0.1) is 0 Å². The summed E-state index contributed by atoms with van der Waals surface area (Å²) in [6, 6.07) is 52.2. The molecular weight excluding hydrogens is 562 g/mol. The molecule has 0 spiro atoms. The lowest BCUT2D eigenvalue weighted by Crippen LogP contribution is -2.00. The van der Waals surface area contributed by atoms with E-state index in [9.17, 15) is 0 Å². The Bertz CT molecular complexity index is 2210. The summed E-state index contributed by atoms with van der Waals surface area (Å²) in [5.41, 5.74) is 9.46. The average molecular weight is 590 g/mol. The Morgan fingerprint density at radius 1 is 0.326 bits per heavy atom. The molecule has 0 aliphatic rings. The molecule has 5 heteroatoms. The molecule has 0 aliphatic heterocycles. The summed E-state index contributed by atoms with van der Waals surface area (Å²) < 4.78 is 0. The van der Waals surface area contributed by atoms with Gasteiger partial charge in [-0.05, 0) is 51.2 Å². The summed E-state index contributed by atoms with van der Waals surface area (Å²) in [4.78, 5) is 22.9. The first-order chi connectivity index (χ1) is 22.8. The molecule has 0 atom stereocenters. The fourth-order valence-electron chi connectivity index (χ4n) is 5.65. The van der Waals surface area contributed by atoms with Crippen molar-refractivity contribution in [2.24, 2.45) is 0 Å². The quantitative estimate of drug-likeness (QED) is 0.193. The molecule has 0 unspecified atom stereocenters. The number of aromatic nitrogens is 5. The minimum atomic E-state index is 0.646. The zero-order valence-corrected chi connectivity index (χ0v) is 24.8. The smallest absolute Gasteiger partial charge is 0.164 e. The van der Waals surface area contributed by atoms with E-state index in [0.717, 1.165) is 44.6 Å². The molecule has 0 bridgehead atoms. The van der Waals surface area contributed by atoms with Crippen molar-refractivity contribution < 1.29 is 0 Å². The lowest BCUT2D eigenvalue weighted by Gasteiger charge is -2.10. The Morgan fingerprint density at radius 3 is 1.24 bits per heavy atom. The third-order valence-electron chi connectivity index (χ3n) is 8.11. The summed E-state index contributed by atoms with van der Waals surface area (Å²) in [5, 5.41) is 2.39. The van der Waals surface area contributed by atoms with Crippen LogP contribution in [0.4, 0.5) is 0 Å². The fraction of sp³-hybridized carbons (Fsp3) is 0. The van der Waals surface area contributed by atoms with E-state index in [1.54, 1.807) is 12.5 Å². The van der Waals surface area contributed by atoms with Gasteiger partial charge in [0.2, 0.25) is 0 Å². The van der Waals surface area contributed by atoms with E-state index in [1.807, 2.05) is 66.7 Å². The molecule has 0 N–H and O–H groups in total. The van der Waals surface area contributed by atoms with E-state index < -0.39 is 0 Å². The lowest BCUT2D eigenvalue weighted by atomic mass is 9.96. The molecule has 216 valence electrons. The van der Waals surface area contributed by atoms with Crippen LogP contribution in [0.1, 0.15) is 0 Å². The molecule has 0 aliphatic carbocycles. The topological polar surface area (TPSA) is 64.5 Å². The summed E-state index contributed by atoms with van der Waals surface area (Å²) in [7, 11) is 0. The molecule has 5 nitrogen and oxygen atoms in total. The van der Waals surface area contributed by atoms with Crippen LogP contribution in [0.3, 0.4) is 0 Å². The highest BCUT2D eigenvalue weighted by atomic mass is 15.0. The standard InChI is InChI=1S/C41H27N5/c1-3-7-32(8-4-1)39-44-40(33-9-5-2-6-10-33)46-41(45-39)34-19-13-29(14-20-34)36-22-16-30-15-21-35(25-37(30)26-36)28-11-17-31(18-12-28)38-23-24-42-27-43-38/h1-27H. The maximum absolute atomic E-state index is 4.88. The van der Waals surface area contributed by atoms with E-state index in [0.29, 0.717) is 17.5 Å². The van der Waals surface area contributed by atoms with Crippen molar-refractivity contribution in [2.45, 2.75) is 0 Å². The predicted molar refractivity (Wildman–Crippen MR) is 186 cm³/mol. The van der Waals surface area contributed by atoms with Crippen molar-refractivity contribution >= 4 is 10.8 Å². The van der Waals surface area contributed by atoms with Crippen LogP contribution in [-0.4, -0.2) is 24.9 Å². The van der Waals surface area contributed by atoms with E-state index in [-0.39, 0.29) is 0 Å². The van der Waals surface area contributed by atoms with Crippen molar-refractivity contribution in [3.05, 3.63) is 164 Å². The first-order valence-electron chi connectivity index (χ1n) is 15.2. The second-order valence-corrected chi connectivity index (χ2v) is 11.1. The first-order valence-corrected chi connectivity index (χ1v) is 15.2. The number of fused-ring (bicyclic) bond motifs is 1. The Hall–Kier alpha value is -6.33. The van der Waals surface area contributed by atoms with Crippen LogP contribution in [0.5, 0.6) is 0 Å². The summed E-state index contributed by atoms with van der Waals surface area (Å²) in [5.74, 6) is 1.96. The van der Waals surface area contributed by atoms with Crippen molar-refractivity contribution in [3.63, 3.8) is 0 Å². The Labute approximate surface area is 267 Å². The minimum absolute atomic E-state index is 0.646. The third kappa shape index (κ3) is 5.53. The SMILES string of the molecule is c1ccc(-c2nc(-c3ccccc3)nc(-c3ccc(-c4ccc5ccc(-c6ccc(-c7ccncn7)cc6)cc5c4)cc3)n2)cc1. The zero-order valence-electron chi connectivity index (χ0n) is 24.8. The second-order valence-electron chi connectivity index (χ2n) is 11.1. The molecule has 6 aromatic carbocycles. The summed E-state index contributed by atoms with van der Waals surface area (Å²) in [6.07, 6.45) is 3.34. The fourth-order valence-corrected chi connectivity index (χ4v) is 5.65. The first kappa shape index (κ1) is 27.2. The molecule has 0 saturated carbocycles. The molecule has 46 heavy (non-hydrogen) atoms. The summed E-state index contributed by atoms with van der Waals surface area (Å²) >= 11 is 0. The van der Waals surface area contributed by atoms with Crippen LogP contribution in [0.15, 0.2) is 164 Å². The maximum atomic E-state index is 4.88. The minimum Gasteiger partial charge on any atom is -0.245 e. The van der Waals surface area contributed by atoms with Gasteiger partial charge in [-0.3, -0.25) is 0 Å². The van der Waals surface area contributed by atoms with Crippen LogP contribution >= 0.6 is 0 Å². The van der Waals surface area contributed by atoms with Gasteiger partial charge in [0.15, 0.2) is 17.5 Å². The van der Waals surface area contributed by atoms with Gasteiger partial charge < -0.3 is 0 Å². The van der Waals surface area contributed by atoms with E-state index >= 15 is 0 Å². The monoisotopic (exact) mass is 589 g/mol. The highest BCUT2D eigenvalue weighted by Crippen LogP contribution is 2.31. The van der Waals surface area contributed by atoms with Gasteiger partial charge in [0, 0.05) is 28.5 Å². The number of nitrogens with zero attached hydrogens (tertiary/aromatic N) is 5. The predicted octanol–water partition coefficient (Wildman–Crippen LogP) is 9.82. The van der Waals surface area contributed by atoms with E-state index in [4.69, 9.17) is 15.0 Å². The number of hydrogen-bond acceptors (Lipinski definition) is 5. The van der Waals surface area contributed by atoms with E-state index in [2.05, 4.69) is 94.9 Å². The normalized spacial score (nSPS) is 11.0. The number of hydrogen-bond donors (Lipinski definition) is 0.